The van der Waals surface area contributed by atoms with E-state index in [2.05, 4.69) is 5.32 Å². The fraction of sp³-hybridized carbons (Fsp3) is 0.355. The largest absolute Gasteiger partial charge is 0.354 e. The zero-order valence-electron chi connectivity index (χ0n) is 23.5. The van der Waals surface area contributed by atoms with Crippen LogP contribution in [0.4, 0.5) is 5.69 Å². The maximum atomic E-state index is 14.0. The van der Waals surface area contributed by atoms with Crippen LogP contribution < -0.4 is 9.62 Å². The molecule has 1 atom stereocenters. The van der Waals surface area contributed by atoms with E-state index in [1.807, 2.05) is 58.0 Å². The molecular weight excluding hydrogens is 510 g/mol. The number of unbranched alkanes of at least 4 members (excludes halogenated alkanes) is 1. The predicted octanol–water partition coefficient (Wildman–Crippen LogP) is 5.14. The highest BCUT2D eigenvalue weighted by molar-refractivity contribution is 7.92. The topological polar surface area (TPSA) is 86.8 Å². The SMILES string of the molecule is CCCCNC(=O)[C@H](C)N(Cc1ccc(C)cc1)C(=O)CN(c1cc(C)cc(C)c1)S(=O)(=O)c1ccccc1. The third-order valence-corrected chi connectivity index (χ3v) is 8.36. The number of hydrogen-bond acceptors (Lipinski definition) is 4. The molecule has 0 radical (unpaired) electrons. The van der Waals surface area contributed by atoms with E-state index in [0.717, 1.165) is 39.4 Å². The molecule has 3 aromatic carbocycles. The lowest BCUT2D eigenvalue weighted by Gasteiger charge is -2.32. The van der Waals surface area contributed by atoms with Gasteiger partial charge in [0, 0.05) is 13.1 Å². The maximum Gasteiger partial charge on any atom is 0.264 e. The Balaban J connectivity index is 2.01. The summed E-state index contributed by atoms with van der Waals surface area (Å²) in [6, 6.07) is 20.5. The summed E-state index contributed by atoms with van der Waals surface area (Å²) in [5, 5.41) is 2.90. The highest BCUT2D eigenvalue weighted by atomic mass is 32.2. The molecule has 0 aliphatic rings. The van der Waals surface area contributed by atoms with Crippen molar-refractivity contribution in [3.05, 3.63) is 95.1 Å². The van der Waals surface area contributed by atoms with Gasteiger partial charge in [0.1, 0.15) is 12.6 Å². The highest BCUT2D eigenvalue weighted by Crippen LogP contribution is 2.26. The minimum absolute atomic E-state index is 0.0902. The molecule has 0 bridgehead atoms. The molecule has 8 heteroatoms. The highest BCUT2D eigenvalue weighted by Gasteiger charge is 2.32. The molecule has 0 aromatic heterocycles. The van der Waals surface area contributed by atoms with Gasteiger partial charge in [-0.05, 0) is 75.1 Å². The van der Waals surface area contributed by atoms with E-state index in [1.165, 1.54) is 17.0 Å². The molecule has 3 aromatic rings. The van der Waals surface area contributed by atoms with Gasteiger partial charge in [-0.3, -0.25) is 13.9 Å². The Labute approximate surface area is 232 Å². The molecule has 0 heterocycles. The summed E-state index contributed by atoms with van der Waals surface area (Å²) in [7, 11) is -4.07. The summed E-state index contributed by atoms with van der Waals surface area (Å²) in [5.41, 5.74) is 4.10. The van der Waals surface area contributed by atoms with E-state index in [1.54, 1.807) is 37.3 Å². The molecule has 1 N–H and O–H groups in total. The number of carbonyl (C=O) groups excluding carboxylic acids is 2. The molecule has 0 spiro atoms. The molecule has 2 amide bonds. The van der Waals surface area contributed by atoms with Crippen LogP contribution in [-0.4, -0.2) is 44.3 Å². The third-order valence-electron chi connectivity index (χ3n) is 6.57. The number of nitrogens with zero attached hydrogens (tertiary/aromatic N) is 2. The van der Waals surface area contributed by atoms with Crippen LogP contribution in [0.3, 0.4) is 0 Å². The quantitative estimate of drug-likeness (QED) is 0.317. The third kappa shape index (κ3) is 7.93. The second kappa shape index (κ2) is 13.4. The van der Waals surface area contributed by atoms with E-state index >= 15 is 0 Å². The monoisotopic (exact) mass is 549 g/mol. The molecule has 39 heavy (non-hydrogen) atoms. The maximum absolute atomic E-state index is 14.0. The summed E-state index contributed by atoms with van der Waals surface area (Å²) in [5.74, 6) is -0.736. The van der Waals surface area contributed by atoms with Crippen molar-refractivity contribution in [2.75, 3.05) is 17.4 Å². The fourth-order valence-electron chi connectivity index (χ4n) is 4.35. The van der Waals surface area contributed by atoms with Gasteiger partial charge < -0.3 is 10.2 Å². The molecule has 0 saturated carbocycles. The number of amides is 2. The van der Waals surface area contributed by atoms with Gasteiger partial charge in [-0.25, -0.2) is 8.42 Å². The van der Waals surface area contributed by atoms with E-state index in [4.69, 9.17) is 0 Å². The molecule has 0 unspecified atom stereocenters. The van der Waals surface area contributed by atoms with Crippen molar-refractivity contribution in [3.63, 3.8) is 0 Å². The van der Waals surface area contributed by atoms with E-state index in [9.17, 15) is 18.0 Å². The first-order valence-corrected chi connectivity index (χ1v) is 14.8. The average Bonchev–Trinajstić information content (AvgIpc) is 2.90. The van der Waals surface area contributed by atoms with Gasteiger partial charge in [-0.2, -0.15) is 0 Å². The van der Waals surface area contributed by atoms with Gasteiger partial charge in [-0.1, -0.05) is 67.4 Å². The molecule has 0 aliphatic carbocycles. The van der Waals surface area contributed by atoms with Gasteiger partial charge in [0.25, 0.3) is 10.0 Å². The number of anilines is 1. The zero-order valence-corrected chi connectivity index (χ0v) is 24.3. The lowest BCUT2D eigenvalue weighted by molar-refractivity contribution is -0.139. The first-order chi connectivity index (χ1) is 18.5. The Bertz CT molecular complexity index is 1350. The smallest absolute Gasteiger partial charge is 0.264 e. The van der Waals surface area contributed by atoms with Crippen LogP contribution in [0.1, 0.15) is 48.9 Å². The summed E-state index contributed by atoms with van der Waals surface area (Å²) in [6.07, 6.45) is 1.77. The van der Waals surface area contributed by atoms with Crippen LogP contribution in [0, 0.1) is 20.8 Å². The van der Waals surface area contributed by atoms with E-state index in [-0.39, 0.29) is 17.3 Å². The van der Waals surface area contributed by atoms with E-state index < -0.39 is 28.5 Å². The van der Waals surface area contributed by atoms with Crippen LogP contribution in [0.5, 0.6) is 0 Å². The summed E-state index contributed by atoms with van der Waals surface area (Å²) >= 11 is 0. The van der Waals surface area contributed by atoms with Crippen LogP contribution in [0.2, 0.25) is 0 Å². The van der Waals surface area contributed by atoms with Crippen molar-refractivity contribution in [1.82, 2.24) is 10.2 Å². The summed E-state index contributed by atoms with van der Waals surface area (Å²) < 4.78 is 28.9. The number of carbonyl (C=O) groups is 2. The van der Waals surface area contributed by atoms with Crippen molar-refractivity contribution in [3.8, 4) is 0 Å². The van der Waals surface area contributed by atoms with Crippen LogP contribution >= 0.6 is 0 Å². The number of benzene rings is 3. The van der Waals surface area contributed by atoms with Crippen LogP contribution in [-0.2, 0) is 26.2 Å². The second-order valence-corrected chi connectivity index (χ2v) is 11.9. The number of aryl methyl sites for hydroxylation is 3. The number of rotatable bonds is 12. The molecule has 0 aliphatic heterocycles. The molecule has 208 valence electrons. The number of hydrogen-bond donors (Lipinski definition) is 1. The first kappa shape index (κ1) is 29.9. The Kier molecular flexibility index (Phi) is 10.3. The normalized spacial score (nSPS) is 12.0. The number of sulfonamides is 1. The fourth-order valence-corrected chi connectivity index (χ4v) is 5.77. The van der Waals surface area contributed by atoms with Crippen molar-refractivity contribution in [2.45, 2.75) is 64.9 Å². The van der Waals surface area contributed by atoms with Crippen molar-refractivity contribution in [1.29, 1.82) is 0 Å². The van der Waals surface area contributed by atoms with Crippen LogP contribution in [0.15, 0.2) is 77.7 Å². The predicted molar refractivity (Wildman–Crippen MR) is 156 cm³/mol. The average molecular weight is 550 g/mol. The summed E-state index contributed by atoms with van der Waals surface area (Å²) in [4.78, 5) is 28.5. The minimum Gasteiger partial charge on any atom is -0.354 e. The van der Waals surface area contributed by atoms with Crippen molar-refractivity contribution in [2.24, 2.45) is 0 Å². The lowest BCUT2D eigenvalue weighted by Crippen LogP contribution is -2.51. The van der Waals surface area contributed by atoms with E-state index in [0.29, 0.717) is 12.2 Å². The van der Waals surface area contributed by atoms with Crippen LogP contribution in [0.25, 0.3) is 0 Å². The minimum atomic E-state index is -4.07. The Morgan fingerprint density at radius 3 is 2.08 bits per heavy atom. The molecule has 0 fully saturated rings. The second-order valence-electron chi connectivity index (χ2n) is 10.00. The standard InChI is InChI=1S/C31H39N3O4S/c1-6-7-17-32-31(36)26(5)33(21-27-15-13-23(2)14-16-27)30(35)22-34(28-19-24(3)18-25(4)20-28)39(37,38)29-11-9-8-10-12-29/h8-16,18-20,26H,6-7,17,21-22H2,1-5H3,(H,32,36)/t26-/m0/s1. The molecule has 0 saturated heterocycles. The van der Waals surface area contributed by atoms with Crippen molar-refractivity contribution < 1.29 is 18.0 Å². The summed E-state index contributed by atoms with van der Waals surface area (Å²) in [6.45, 7) is 9.72. The zero-order chi connectivity index (χ0) is 28.6. The van der Waals surface area contributed by atoms with Gasteiger partial charge in [0.2, 0.25) is 11.8 Å². The Morgan fingerprint density at radius 2 is 1.49 bits per heavy atom. The first-order valence-electron chi connectivity index (χ1n) is 13.3. The molecule has 3 rings (SSSR count). The van der Waals surface area contributed by atoms with Gasteiger partial charge in [0.15, 0.2) is 0 Å². The number of nitrogens with one attached hydrogen (secondary N) is 1. The van der Waals surface area contributed by atoms with Gasteiger partial charge >= 0.3 is 0 Å². The Hall–Kier alpha value is -3.65. The van der Waals surface area contributed by atoms with Gasteiger partial charge in [-0.15, -0.1) is 0 Å². The van der Waals surface area contributed by atoms with Crippen molar-refractivity contribution >= 4 is 27.5 Å². The molecular formula is C31H39N3O4S. The van der Waals surface area contributed by atoms with Gasteiger partial charge in [0.05, 0.1) is 10.6 Å². The lowest BCUT2D eigenvalue weighted by atomic mass is 10.1. The molecule has 7 nitrogen and oxygen atoms in total. The Morgan fingerprint density at radius 1 is 0.872 bits per heavy atom.